The van der Waals surface area contributed by atoms with E-state index in [-0.39, 0.29) is 0 Å². The van der Waals surface area contributed by atoms with Crippen LogP contribution in [0.15, 0.2) is 48.7 Å². The number of aromatic amines is 1. The zero-order valence-corrected chi connectivity index (χ0v) is 18.7. The first-order valence-electron chi connectivity index (χ1n) is 10.6. The molecule has 2 aromatic carbocycles. The highest BCUT2D eigenvalue weighted by Gasteiger charge is 2.32. The summed E-state index contributed by atoms with van der Waals surface area (Å²) in [5.74, 6) is -0.0482. The Labute approximate surface area is 190 Å². The summed E-state index contributed by atoms with van der Waals surface area (Å²) in [6.07, 6.45) is -2.22. The number of hydrogen-bond acceptors (Lipinski definition) is 4. The Bertz CT molecular complexity index is 1060. The average molecular weight is 464 g/mol. The number of halogens is 3. The summed E-state index contributed by atoms with van der Waals surface area (Å²) in [5.41, 5.74) is 3.62. The third-order valence-corrected chi connectivity index (χ3v) is 5.60. The van der Waals surface area contributed by atoms with Gasteiger partial charge in [-0.05, 0) is 36.8 Å². The number of fused-ring (bicyclic) bond motifs is 1. The van der Waals surface area contributed by atoms with Crippen molar-refractivity contribution in [2.45, 2.75) is 19.6 Å². The number of nitrogens with one attached hydrogen (secondary N) is 1. The highest BCUT2D eigenvalue weighted by atomic mass is 19.4. The standard InChI is InChI=1S/C17H22F3N3O.C7H6O2/c1-12-9-15(24-2)14(13-3-4-21-16(12)13)10-22-5-7-23(8-6-22)11-17(18,19)20;8-7(9)6-4-2-1-3-5-6/h3-4,9,21H,5-8,10-11H2,1-2H3;1-5H,(H,8,9). The van der Waals surface area contributed by atoms with E-state index in [1.165, 1.54) is 4.90 Å². The van der Waals surface area contributed by atoms with Crippen molar-refractivity contribution in [2.75, 3.05) is 39.8 Å². The Balaban J connectivity index is 0.000000286. The van der Waals surface area contributed by atoms with Crippen LogP contribution in [0.1, 0.15) is 21.5 Å². The van der Waals surface area contributed by atoms with E-state index in [4.69, 9.17) is 9.84 Å². The van der Waals surface area contributed by atoms with Crippen molar-refractivity contribution in [1.82, 2.24) is 14.8 Å². The fourth-order valence-electron chi connectivity index (χ4n) is 3.94. The fraction of sp³-hybridized carbons (Fsp3) is 0.375. The molecule has 0 bridgehead atoms. The molecule has 0 unspecified atom stereocenters. The monoisotopic (exact) mass is 463 g/mol. The van der Waals surface area contributed by atoms with E-state index in [1.54, 1.807) is 37.4 Å². The van der Waals surface area contributed by atoms with Gasteiger partial charge in [-0.15, -0.1) is 0 Å². The third-order valence-electron chi connectivity index (χ3n) is 5.60. The minimum absolute atomic E-state index is 0.331. The number of aromatic nitrogens is 1. The van der Waals surface area contributed by atoms with Crippen molar-refractivity contribution in [2.24, 2.45) is 0 Å². The number of H-pyrrole nitrogens is 1. The predicted octanol–water partition coefficient (Wildman–Crippen LogP) is 4.55. The first kappa shape index (κ1) is 24.6. The summed E-state index contributed by atoms with van der Waals surface area (Å²) in [7, 11) is 1.65. The molecular formula is C24H28F3N3O3. The highest BCUT2D eigenvalue weighted by molar-refractivity contribution is 5.88. The molecule has 178 valence electrons. The van der Waals surface area contributed by atoms with Crippen molar-refractivity contribution >= 4 is 16.9 Å². The molecule has 0 atom stereocenters. The maximum Gasteiger partial charge on any atom is 0.401 e. The molecule has 33 heavy (non-hydrogen) atoms. The molecule has 1 aliphatic rings. The van der Waals surface area contributed by atoms with Gasteiger partial charge in [-0.3, -0.25) is 9.80 Å². The number of hydrogen-bond donors (Lipinski definition) is 2. The number of benzene rings is 2. The van der Waals surface area contributed by atoms with E-state index >= 15 is 0 Å². The molecule has 4 rings (SSSR count). The zero-order chi connectivity index (χ0) is 24.0. The van der Waals surface area contributed by atoms with Gasteiger partial charge in [0.15, 0.2) is 0 Å². The SMILES string of the molecule is COc1cc(C)c2[nH]ccc2c1CN1CCN(CC(F)(F)F)CC1.O=C(O)c1ccccc1. The van der Waals surface area contributed by atoms with E-state index in [0.717, 1.165) is 27.8 Å². The molecule has 0 saturated carbocycles. The van der Waals surface area contributed by atoms with Crippen LogP contribution in [-0.2, 0) is 6.54 Å². The van der Waals surface area contributed by atoms with Crippen LogP contribution in [0.4, 0.5) is 13.2 Å². The van der Waals surface area contributed by atoms with Crippen molar-refractivity contribution in [1.29, 1.82) is 0 Å². The first-order chi connectivity index (χ1) is 15.7. The summed E-state index contributed by atoms with van der Waals surface area (Å²) in [5, 5.41) is 9.50. The number of carboxylic acid groups (broad SMARTS) is 1. The van der Waals surface area contributed by atoms with Gasteiger partial charge in [0, 0.05) is 55.4 Å². The summed E-state index contributed by atoms with van der Waals surface area (Å²) >= 11 is 0. The zero-order valence-electron chi connectivity index (χ0n) is 18.7. The van der Waals surface area contributed by atoms with Gasteiger partial charge >= 0.3 is 12.1 Å². The van der Waals surface area contributed by atoms with Gasteiger partial charge in [0.25, 0.3) is 0 Å². The summed E-state index contributed by atoms with van der Waals surface area (Å²) in [6, 6.07) is 12.3. The molecule has 0 amide bonds. The number of nitrogens with zero attached hydrogens (tertiary/aromatic N) is 2. The number of methoxy groups -OCH3 is 1. The lowest BCUT2D eigenvalue weighted by atomic mass is 10.0. The largest absolute Gasteiger partial charge is 0.496 e. The van der Waals surface area contributed by atoms with Gasteiger partial charge in [-0.2, -0.15) is 13.2 Å². The molecule has 1 fully saturated rings. The Morgan fingerprint density at radius 1 is 1.09 bits per heavy atom. The summed E-state index contributed by atoms with van der Waals surface area (Å²) in [6.45, 7) is 4.00. The lowest BCUT2D eigenvalue weighted by molar-refractivity contribution is -0.149. The lowest BCUT2D eigenvalue weighted by Crippen LogP contribution is -2.48. The Kier molecular flexibility index (Phi) is 7.99. The van der Waals surface area contributed by atoms with Crippen molar-refractivity contribution < 1.29 is 27.8 Å². The van der Waals surface area contributed by atoms with Crippen LogP contribution in [-0.4, -0.2) is 71.9 Å². The number of aromatic carboxylic acids is 1. The molecule has 2 heterocycles. The number of alkyl halides is 3. The van der Waals surface area contributed by atoms with E-state index in [2.05, 4.69) is 9.88 Å². The summed E-state index contributed by atoms with van der Waals surface area (Å²) in [4.78, 5) is 17.1. The molecule has 0 spiro atoms. The first-order valence-corrected chi connectivity index (χ1v) is 10.6. The molecule has 1 aliphatic heterocycles. The average Bonchev–Trinajstić information content (AvgIpc) is 3.27. The minimum Gasteiger partial charge on any atom is -0.496 e. The predicted molar refractivity (Wildman–Crippen MR) is 121 cm³/mol. The number of piperazine rings is 1. The molecule has 0 radical (unpaired) electrons. The normalized spacial score (nSPS) is 15.2. The van der Waals surface area contributed by atoms with Crippen LogP contribution in [0.5, 0.6) is 5.75 Å². The number of aryl methyl sites for hydroxylation is 1. The number of ether oxygens (including phenoxy) is 1. The van der Waals surface area contributed by atoms with Crippen LogP contribution in [0.25, 0.3) is 10.9 Å². The maximum atomic E-state index is 12.5. The fourth-order valence-corrected chi connectivity index (χ4v) is 3.94. The second kappa shape index (κ2) is 10.7. The Morgan fingerprint density at radius 3 is 2.27 bits per heavy atom. The van der Waals surface area contributed by atoms with Crippen LogP contribution in [0.3, 0.4) is 0 Å². The van der Waals surface area contributed by atoms with Crippen molar-refractivity contribution in [3.8, 4) is 5.75 Å². The summed E-state index contributed by atoms with van der Waals surface area (Å²) < 4.78 is 43.0. The minimum atomic E-state index is -4.13. The van der Waals surface area contributed by atoms with Gasteiger partial charge in [0.05, 0.1) is 19.2 Å². The van der Waals surface area contributed by atoms with Crippen LogP contribution in [0, 0.1) is 6.92 Å². The quantitative estimate of drug-likeness (QED) is 0.581. The van der Waals surface area contributed by atoms with Crippen LogP contribution in [0.2, 0.25) is 0 Å². The second-order valence-corrected chi connectivity index (χ2v) is 7.98. The molecule has 9 heteroatoms. The van der Waals surface area contributed by atoms with Crippen LogP contribution < -0.4 is 4.74 Å². The van der Waals surface area contributed by atoms with E-state index in [1.807, 2.05) is 25.3 Å². The molecule has 6 nitrogen and oxygen atoms in total. The Morgan fingerprint density at radius 2 is 1.73 bits per heavy atom. The van der Waals surface area contributed by atoms with E-state index in [0.29, 0.717) is 38.3 Å². The van der Waals surface area contributed by atoms with Gasteiger partial charge in [-0.25, -0.2) is 4.79 Å². The number of carboxylic acids is 1. The molecule has 3 aromatic rings. The van der Waals surface area contributed by atoms with Crippen molar-refractivity contribution in [3.63, 3.8) is 0 Å². The van der Waals surface area contributed by atoms with Crippen LogP contribution >= 0.6 is 0 Å². The van der Waals surface area contributed by atoms with E-state index < -0.39 is 18.7 Å². The van der Waals surface area contributed by atoms with E-state index in [9.17, 15) is 18.0 Å². The molecule has 0 aliphatic carbocycles. The Hall–Kier alpha value is -3.04. The van der Waals surface area contributed by atoms with Gasteiger partial charge in [-0.1, -0.05) is 18.2 Å². The maximum absolute atomic E-state index is 12.5. The molecule has 2 N–H and O–H groups in total. The number of rotatable bonds is 5. The lowest BCUT2D eigenvalue weighted by Gasteiger charge is -2.35. The molecule has 1 saturated heterocycles. The van der Waals surface area contributed by atoms with Gasteiger partial charge < -0.3 is 14.8 Å². The molecule has 1 aromatic heterocycles. The second-order valence-electron chi connectivity index (χ2n) is 7.98. The molecular weight excluding hydrogens is 435 g/mol. The number of carbonyl (C=O) groups is 1. The van der Waals surface area contributed by atoms with Crippen molar-refractivity contribution in [3.05, 3.63) is 65.4 Å². The van der Waals surface area contributed by atoms with Gasteiger partial charge in [0.1, 0.15) is 5.75 Å². The topological polar surface area (TPSA) is 68.8 Å². The smallest absolute Gasteiger partial charge is 0.401 e. The third kappa shape index (κ3) is 6.72. The highest BCUT2D eigenvalue weighted by Crippen LogP contribution is 2.31. The van der Waals surface area contributed by atoms with Gasteiger partial charge in [0.2, 0.25) is 0 Å².